The molecule has 0 amide bonds. The van der Waals surface area contributed by atoms with Crippen molar-refractivity contribution in [2.24, 2.45) is 18.9 Å². The average Bonchev–Trinajstić information content (AvgIpc) is 2.89. The fourth-order valence-electron chi connectivity index (χ4n) is 4.76. The molecule has 4 rings (SSSR count). The largest absolute Gasteiger partial charge is 0.497 e. The Hall–Kier alpha value is -3.72. The van der Waals surface area contributed by atoms with Crippen molar-refractivity contribution in [3.63, 3.8) is 0 Å². The number of aromatic nitrogens is 2. The normalized spacial score (nSPS) is 17.9. The lowest BCUT2D eigenvalue weighted by Gasteiger charge is -2.25. The van der Waals surface area contributed by atoms with E-state index in [-0.39, 0.29) is 11.1 Å². The van der Waals surface area contributed by atoms with E-state index >= 15 is 0 Å². The number of halogens is 1. The zero-order valence-electron chi connectivity index (χ0n) is 20.4. The fraction of sp³-hybridized carbons (Fsp3) is 0.345. The molecule has 6 heteroatoms. The third kappa shape index (κ3) is 5.19. The van der Waals surface area contributed by atoms with Crippen molar-refractivity contribution < 1.29 is 9.13 Å². The molecule has 0 atom stereocenters. The van der Waals surface area contributed by atoms with E-state index < -0.39 is 5.82 Å². The highest BCUT2D eigenvalue weighted by Gasteiger charge is 2.20. The first kappa shape index (κ1) is 24.4. The zero-order chi connectivity index (χ0) is 24.9. The molecule has 1 aromatic heterocycles. The Balaban J connectivity index is 1.81. The minimum absolute atomic E-state index is 0.0496. The van der Waals surface area contributed by atoms with Crippen molar-refractivity contribution in [3.05, 3.63) is 76.1 Å². The molecule has 0 aliphatic heterocycles. The Kier molecular flexibility index (Phi) is 7.45. The number of nitrogens with zero attached hydrogens (tertiary/aromatic N) is 3. The van der Waals surface area contributed by atoms with E-state index in [2.05, 4.69) is 13.0 Å². The summed E-state index contributed by atoms with van der Waals surface area (Å²) in [6.07, 6.45) is 10.0. The van der Waals surface area contributed by atoms with Gasteiger partial charge in [0.05, 0.1) is 23.9 Å². The van der Waals surface area contributed by atoms with Gasteiger partial charge in [0.2, 0.25) is 0 Å². The fourth-order valence-corrected chi connectivity index (χ4v) is 4.76. The standard InChI is InChI=1S/C29H30FN3O2/c1-4-19-5-7-20(8-6-19)9-16-26-32-28(22-10-11-23(18-31)25(30)17-22)27(29(34)33(26)2)21-12-14-24(35-3)15-13-21/h9-17,19-20H,4-8H2,1-3H3. The monoisotopic (exact) mass is 471 g/mol. The molecule has 0 N–H and O–H groups in total. The molecule has 5 nitrogen and oxygen atoms in total. The first-order valence-corrected chi connectivity index (χ1v) is 12.1. The van der Waals surface area contributed by atoms with Crippen LogP contribution in [0.1, 0.15) is 50.4 Å². The van der Waals surface area contributed by atoms with E-state index in [1.165, 1.54) is 36.0 Å². The second kappa shape index (κ2) is 10.7. The summed E-state index contributed by atoms with van der Waals surface area (Å²) in [4.78, 5) is 18.4. The topological polar surface area (TPSA) is 67.9 Å². The van der Waals surface area contributed by atoms with Crippen LogP contribution in [0.25, 0.3) is 28.5 Å². The van der Waals surface area contributed by atoms with E-state index in [4.69, 9.17) is 15.0 Å². The molecule has 35 heavy (non-hydrogen) atoms. The smallest absolute Gasteiger partial charge is 0.262 e. The number of methoxy groups -OCH3 is 1. The van der Waals surface area contributed by atoms with E-state index in [9.17, 15) is 9.18 Å². The van der Waals surface area contributed by atoms with Gasteiger partial charge < -0.3 is 4.74 Å². The second-order valence-corrected chi connectivity index (χ2v) is 9.14. The van der Waals surface area contributed by atoms with Crippen LogP contribution in [0.2, 0.25) is 0 Å². The van der Waals surface area contributed by atoms with Crippen molar-refractivity contribution in [1.82, 2.24) is 9.55 Å². The summed E-state index contributed by atoms with van der Waals surface area (Å²) in [6, 6.07) is 13.3. The molecule has 0 radical (unpaired) electrons. The molecule has 1 saturated carbocycles. The molecular formula is C29H30FN3O2. The number of ether oxygens (including phenoxy) is 1. The summed E-state index contributed by atoms with van der Waals surface area (Å²) >= 11 is 0. The maximum atomic E-state index is 14.5. The van der Waals surface area contributed by atoms with Gasteiger partial charge in [0.25, 0.3) is 5.56 Å². The van der Waals surface area contributed by atoms with Gasteiger partial charge in [-0.25, -0.2) is 9.37 Å². The molecule has 180 valence electrons. The van der Waals surface area contributed by atoms with Gasteiger partial charge in [-0.1, -0.05) is 37.6 Å². The van der Waals surface area contributed by atoms with Crippen LogP contribution in [0.4, 0.5) is 4.39 Å². The maximum absolute atomic E-state index is 14.5. The third-order valence-corrected chi connectivity index (χ3v) is 7.05. The lowest BCUT2D eigenvalue weighted by molar-refractivity contribution is 0.304. The van der Waals surface area contributed by atoms with Crippen LogP contribution < -0.4 is 10.3 Å². The first-order valence-electron chi connectivity index (χ1n) is 12.1. The van der Waals surface area contributed by atoms with Crippen LogP contribution in [0, 0.1) is 29.0 Å². The highest BCUT2D eigenvalue weighted by molar-refractivity contribution is 5.81. The van der Waals surface area contributed by atoms with Crippen LogP contribution in [-0.2, 0) is 7.05 Å². The van der Waals surface area contributed by atoms with Crippen molar-refractivity contribution >= 4 is 6.08 Å². The molecule has 0 unspecified atom stereocenters. The number of benzene rings is 2. The van der Waals surface area contributed by atoms with Crippen LogP contribution in [0.15, 0.2) is 53.3 Å². The number of allylic oxidation sites excluding steroid dienone is 1. The van der Waals surface area contributed by atoms with Crippen LogP contribution in [-0.4, -0.2) is 16.7 Å². The van der Waals surface area contributed by atoms with E-state index in [1.807, 2.05) is 12.1 Å². The quantitative estimate of drug-likeness (QED) is 0.419. The van der Waals surface area contributed by atoms with Gasteiger partial charge in [-0.2, -0.15) is 5.26 Å². The summed E-state index contributed by atoms with van der Waals surface area (Å²) in [7, 11) is 3.29. The highest BCUT2D eigenvalue weighted by atomic mass is 19.1. The van der Waals surface area contributed by atoms with Crippen LogP contribution >= 0.6 is 0 Å². The van der Waals surface area contributed by atoms with Gasteiger partial charge in [0.1, 0.15) is 23.5 Å². The van der Waals surface area contributed by atoms with Crippen molar-refractivity contribution in [1.29, 1.82) is 5.26 Å². The van der Waals surface area contributed by atoms with Crippen LogP contribution in [0.5, 0.6) is 5.75 Å². The van der Waals surface area contributed by atoms with Crippen molar-refractivity contribution in [2.75, 3.05) is 7.11 Å². The molecule has 3 aromatic rings. The van der Waals surface area contributed by atoms with Gasteiger partial charge in [-0.15, -0.1) is 0 Å². The van der Waals surface area contributed by atoms with E-state index in [0.717, 1.165) is 18.8 Å². The lowest BCUT2D eigenvalue weighted by Crippen LogP contribution is -2.23. The molecular weight excluding hydrogens is 441 g/mol. The minimum atomic E-state index is -0.641. The molecule has 1 aliphatic rings. The summed E-state index contributed by atoms with van der Waals surface area (Å²) in [5.74, 6) is 1.82. The Morgan fingerprint density at radius 2 is 1.83 bits per heavy atom. The molecule has 0 spiro atoms. The number of hydrogen-bond donors (Lipinski definition) is 0. The Bertz CT molecular complexity index is 1330. The molecule has 1 heterocycles. The molecule has 2 aromatic carbocycles. The molecule has 0 bridgehead atoms. The summed E-state index contributed by atoms with van der Waals surface area (Å²) in [6.45, 7) is 2.25. The number of hydrogen-bond acceptors (Lipinski definition) is 4. The van der Waals surface area contributed by atoms with Gasteiger partial charge in [-0.05, 0) is 73.4 Å². The van der Waals surface area contributed by atoms with E-state index in [0.29, 0.717) is 39.9 Å². The first-order chi connectivity index (χ1) is 16.9. The van der Waals surface area contributed by atoms with Crippen molar-refractivity contribution in [2.45, 2.75) is 39.0 Å². The second-order valence-electron chi connectivity index (χ2n) is 9.14. The minimum Gasteiger partial charge on any atom is -0.497 e. The Morgan fingerprint density at radius 1 is 1.14 bits per heavy atom. The summed E-state index contributed by atoms with van der Waals surface area (Å²) in [5.41, 5.74) is 1.59. The predicted octanol–water partition coefficient (Wildman–Crippen LogP) is 6.36. The third-order valence-electron chi connectivity index (χ3n) is 7.05. The van der Waals surface area contributed by atoms with Gasteiger partial charge in [-0.3, -0.25) is 9.36 Å². The Labute approximate surface area is 205 Å². The van der Waals surface area contributed by atoms with Gasteiger partial charge >= 0.3 is 0 Å². The van der Waals surface area contributed by atoms with Crippen molar-refractivity contribution in [3.8, 4) is 34.2 Å². The van der Waals surface area contributed by atoms with Gasteiger partial charge in [0, 0.05) is 12.6 Å². The maximum Gasteiger partial charge on any atom is 0.262 e. The molecule has 1 aliphatic carbocycles. The number of rotatable bonds is 6. The summed E-state index contributed by atoms with van der Waals surface area (Å²) in [5, 5.41) is 9.13. The Morgan fingerprint density at radius 3 is 2.43 bits per heavy atom. The SMILES string of the molecule is CCC1CCC(C=Cc2nc(-c3ccc(C#N)c(F)c3)c(-c3ccc(OC)cc3)c(=O)n2C)CC1. The highest BCUT2D eigenvalue weighted by Crippen LogP contribution is 2.33. The molecule has 1 fully saturated rings. The average molecular weight is 472 g/mol. The molecule has 0 saturated heterocycles. The van der Waals surface area contributed by atoms with E-state index in [1.54, 1.807) is 44.5 Å². The van der Waals surface area contributed by atoms with Crippen LogP contribution in [0.3, 0.4) is 0 Å². The lowest BCUT2D eigenvalue weighted by atomic mass is 9.81. The number of nitriles is 1. The van der Waals surface area contributed by atoms with Gasteiger partial charge in [0.15, 0.2) is 0 Å². The predicted molar refractivity (Wildman–Crippen MR) is 136 cm³/mol. The summed E-state index contributed by atoms with van der Waals surface area (Å²) < 4.78 is 21.3. The zero-order valence-corrected chi connectivity index (χ0v) is 20.4.